The molecular formula is C22H27N3OS. The smallest absolute Gasteiger partial charge is 0.220 e. The highest BCUT2D eigenvalue weighted by atomic mass is 32.1. The molecule has 1 aromatic carbocycles. The number of amides is 1. The van der Waals surface area contributed by atoms with E-state index in [1.807, 2.05) is 6.20 Å². The molecule has 2 heterocycles. The highest BCUT2D eigenvalue weighted by molar-refractivity contribution is 7.09. The van der Waals surface area contributed by atoms with Crippen molar-refractivity contribution in [3.8, 4) is 0 Å². The Morgan fingerprint density at radius 2 is 2.07 bits per heavy atom. The fraction of sp³-hybridized carbons (Fsp3) is 0.545. The van der Waals surface area contributed by atoms with Crippen LogP contribution in [-0.4, -0.2) is 34.9 Å². The second kappa shape index (κ2) is 7.02. The van der Waals surface area contributed by atoms with Gasteiger partial charge in [-0.15, -0.1) is 11.3 Å². The van der Waals surface area contributed by atoms with Crippen molar-refractivity contribution in [1.29, 1.82) is 0 Å². The Bertz CT molecular complexity index is 807. The van der Waals surface area contributed by atoms with Gasteiger partial charge < -0.3 is 5.32 Å². The van der Waals surface area contributed by atoms with Gasteiger partial charge in [-0.05, 0) is 67.7 Å². The first-order valence-electron chi connectivity index (χ1n) is 10.2. The first-order valence-corrected chi connectivity index (χ1v) is 11.1. The zero-order valence-corrected chi connectivity index (χ0v) is 16.5. The molecule has 5 heteroatoms. The quantitative estimate of drug-likeness (QED) is 0.856. The SMILES string of the molecule is O=C(C[C@@H]1CC2(CCN(Cc3nccs3)CC2)c2ccccc21)NC1CC1. The number of likely N-dealkylation sites (tertiary alicyclic amines) is 1. The number of hydrogen-bond acceptors (Lipinski definition) is 4. The molecule has 27 heavy (non-hydrogen) atoms. The molecule has 5 rings (SSSR count). The first-order chi connectivity index (χ1) is 13.2. The lowest BCUT2D eigenvalue weighted by Gasteiger charge is -2.40. The maximum absolute atomic E-state index is 12.4. The molecule has 1 aliphatic heterocycles. The summed E-state index contributed by atoms with van der Waals surface area (Å²) in [6.45, 7) is 3.21. The minimum atomic E-state index is 0.246. The minimum absolute atomic E-state index is 0.246. The summed E-state index contributed by atoms with van der Waals surface area (Å²) in [4.78, 5) is 19.4. The van der Waals surface area contributed by atoms with Gasteiger partial charge in [0.1, 0.15) is 5.01 Å². The van der Waals surface area contributed by atoms with Gasteiger partial charge in [0.05, 0.1) is 6.54 Å². The molecule has 1 atom stereocenters. The van der Waals surface area contributed by atoms with Crippen molar-refractivity contribution in [2.45, 2.75) is 62.4 Å². The molecule has 2 fully saturated rings. The molecule has 2 aliphatic carbocycles. The van der Waals surface area contributed by atoms with Gasteiger partial charge in [0.2, 0.25) is 5.91 Å². The highest BCUT2D eigenvalue weighted by Gasteiger charge is 2.45. The third-order valence-electron chi connectivity index (χ3n) is 6.64. The molecule has 142 valence electrons. The van der Waals surface area contributed by atoms with Crippen LogP contribution in [0.3, 0.4) is 0 Å². The summed E-state index contributed by atoms with van der Waals surface area (Å²) >= 11 is 1.75. The van der Waals surface area contributed by atoms with E-state index in [1.165, 1.54) is 29.0 Å². The van der Waals surface area contributed by atoms with Crippen molar-refractivity contribution < 1.29 is 4.79 Å². The van der Waals surface area contributed by atoms with Crippen LogP contribution in [0.15, 0.2) is 35.8 Å². The number of rotatable bonds is 5. The van der Waals surface area contributed by atoms with E-state index in [9.17, 15) is 4.79 Å². The third kappa shape index (κ3) is 3.55. The average molecular weight is 382 g/mol. The molecule has 0 bridgehead atoms. The normalized spacial score (nSPS) is 24.1. The van der Waals surface area contributed by atoms with Gasteiger partial charge in [-0.25, -0.2) is 4.98 Å². The second-order valence-electron chi connectivity index (χ2n) is 8.52. The number of hydrogen-bond donors (Lipinski definition) is 1. The number of fused-ring (bicyclic) bond motifs is 2. The lowest BCUT2D eigenvalue weighted by molar-refractivity contribution is -0.121. The van der Waals surface area contributed by atoms with Crippen LogP contribution < -0.4 is 5.32 Å². The molecule has 1 N–H and O–H groups in total. The number of piperidine rings is 1. The first kappa shape index (κ1) is 17.4. The molecule has 4 nitrogen and oxygen atoms in total. The number of aromatic nitrogens is 1. The van der Waals surface area contributed by atoms with E-state index in [0.29, 0.717) is 18.4 Å². The van der Waals surface area contributed by atoms with Crippen molar-refractivity contribution in [2.24, 2.45) is 0 Å². The molecule has 3 aliphatic rings. The Hall–Kier alpha value is -1.72. The van der Waals surface area contributed by atoms with Gasteiger partial charge in [0.25, 0.3) is 0 Å². The number of nitrogens with one attached hydrogen (secondary N) is 1. The monoisotopic (exact) mass is 381 g/mol. The number of nitrogens with zero attached hydrogens (tertiary/aromatic N) is 2. The van der Waals surface area contributed by atoms with Crippen LogP contribution in [-0.2, 0) is 16.8 Å². The number of carbonyl (C=O) groups excluding carboxylic acids is 1. The topological polar surface area (TPSA) is 45.2 Å². The van der Waals surface area contributed by atoms with E-state index in [-0.39, 0.29) is 11.3 Å². The predicted molar refractivity (Wildman–Crippen MR) is 108 cm³/mol. The summed E-state index contributed by atoms with van der Waals surface area (Å²) in [6.07, 6.45) is 8.38. The van der Waals surface area contributed by atoms with E-state index in [1.54, 1.807) is 11.3 Å². The van der Waals surface area contributed by atoms with Crippen molar-refractivity contribution in [3.05, 3.63) is 52.0 Å². The second-order valence-corrected chi connectivity index (χ2v) is 9.50. The van der Waals surface area contributed by atoms with Gasteiger partial charge >= 0.3 is 0 Å². The zero-order chi connectivity index (χ0) is 18.3. The molecule has 0 unspecified atom stereocenters. The van der Waals surface area contributed by atoms with Gasteiger partial charge in [-0.3, -0.25) is 9.69 Å². The van der Waals surface area contributed by atoms with Crippen molar-refractivity contribution in [2.75, 3.05) is 13.1 Å². The van der Waals surface area contributed by atoms with E-state index in [0.717, 1.165) is 38.9 Å². The van der Waals surface area contributed by atoms with E-state index >= 15 is 0 Å². The summed E-state index contributed by atoms with van der Waals surface area (Å²) < 4.78 is 0. The van der Waals surface area contributed by atoms with Gasteiger partial charge in [0.15, 0.2) is 0 Å². The Labute approximate surface area is 165 Å². The number of benzene rings is 1. The van der Waals surface area contributed by atoms with Crippen molar-refractivity contribution >= 4 is 17.2 Å². The van der Waals surface area contributed by atoms with Crippen LogP contribution in [0.4, 0.5) is 0 Å². The van der Waals surface area contributed by atoms with Crippen molar-refractivity contribution in [1.82, 2.24) is 15.2 Å². The largest absolute Gasteiger partial charge is 0.353 e. The van der Waals surface area contributed by atoms with Crippen LogP contribution in [0.2, 0.25) is 0 Å². The van der Waals surface area contributed by atoms with Crippen LogP contribution in [0.1, 0.15) is 60.6 Å². The molecule has 1 aromatic heterocycles. The average Bonchev–Trinajstić information content (AvgIpc) is 3.24. The fourth-order valence-corrected chi connectivity index (χ4v) is 5.74. The van der Waals surface area contributed by atoms with Crippen LogP contribution in [0.25, 0.3) is 0 Å². The molecule has 1 saturated carbocycles. The molecule has 1 saturated heterocycles. The van der Waals surface area contributed by atoms with Crippen LogP contribution >= 0.6 is 11.3 Å². The van der Waals surface area contributed by atoms with Crippen LogP contribution in [0.5, 0.6) is 0 Å². The third-order valence-corrected chi connectivity index (χ3v) is 7.40. The summed E-state index contributed by atoms with van der Waals surface area (Å²) in [5, 5.41) is 6.46. The summed E-state index contributed by atoms with van der Waals surface area (Å²) in [5.74, 6) is 0.626. The van der Waals surface area contributed by atoms with Gasteiger partial charge in [-0.1, -0.05) is 24.3 Å². The lowest BCUT2D eigenvalue weighted by Crippen LogP contribution is -2.41. The maximum Gasteiger partial charge on any atom is 0.220 e. The van der Waals surface area contributed by atoms with Crippen LogP contribution in [0, 0.1) is 0 Å². The summed E-state index contributed by atoms with van der Waals surface area (Å²) in [5.41, 5.74) is 3.21. The molecule has 1 spiro atoms. The van der Waals surface area contributed by atoms with Gasteiger partial charge in [-0.2, -0.15) is 0 Å². The Kier molecular flexibility index (Phi) is 4.52. The highest BCUT2D eigenvalue weighted by Crippen LogP contribution is 2.52. The standard InChI is InChI=1S/C22H27N3OS/c26-20(24-17-5-6-17)13-16-14-22(19-4-2-1-3-18(16)19)7-10-25(11-8-22)15-21-23-9-12-27-21/h1-4,9,12,16-17H,5-8,10-11,13-15H2,(H,24,26)/t16-/m1/s1. The van der Waals surface area contributed by atoms with E-state index < -0.39 is 0 Å². The summed E-state index contributed by atoms with van der Waals surface area (Å²) in [6, 6.07) is 9.36. The summed E-state index contributed by atoms with van der Waals surface area (Å²) in [7, 11) is 0. The predicted octanol–water partition coefficient (Wildman–Crippen LogP) is 3.83. The van der Waals surface area contributed by atoms with Crippen molar-refractivity contribution in [3.63, 3.8) is 0 Å². The molecule has 2 aromatic rings. The zero-order valence-electron chi connectivity index (χ0n) is 15.7. The van der Waals surface area contributed by atoms with E-state index in [4.69, 9.17) is 0 Å². The number of carbonyl (C=O) groups is 1. The Morgan fingerprint density at radius 1 is 1.26 bits per heavy atom. The Balaban J connectivity index is 1.29. The van der Waals surface area contributed by atoms with E-state index in [2.05, 4.69) is 44.8 Å². The molecule has 1 amide bonds. The maximum atomic E-state index is 12.4. The molecular weight excluding hydrogens is 354 g/mol. The molecule has 0 radical (unpaired) electrons. The number of thiazole rings is 1. The Morgan fingerprint density at radius 3 is 2.81 bits per heavy atom. The fourth-order valence-electron chi connectivity index (χ4n) is 5.08. The minimum Gasteiger partial charge on any atom is -0.353 e. The van der Waals surface area contributed by atoms with Gasteiger partial charge in [0, 0.05) is 24.0 Å². The lowest BCUT2D eigenvalue weighted by atomic mass is 9.73.